The fourth-order valence-corrected chi connectivity index (χ4v) is 2.26. The topological polar surface area (TPSA) is 69.2 Å². The van der Waals surface area contributed by atoms with Gasteiger partial charge in [-0.1, -0.05) is 19.1 Å². The number of hydrogen-bond donors (Lipinski definition) is 1. The number of carbonyl (C=O) groups is 1. The quantitative estimate of drug-likeness (QED) is 0.583. The summed E-state index contributed by atoms with van der Waals surface area (Å²) in [4.78, 5) is 12.1. The van der Waals surface area contributed by atoms with Crippen molar-refractivity contribution in [3.63, 3.8) is 0 Å². The summed E-state index contributed by atoms with van der Waals surface area (Å²) >= 11 is 0. The molecule has 2 aromatic carbocycles. The number of nitrogens with zero attached hydrogens (tertiary/aromatic N) is 1. The minimum atomic E-state index is -0.662. The van der Waals surface area contributed by atoms with Gasteiger partial charge in [-0.25, -0.2) is 5.43 Å². The standard InChI is InChI=1S/C20H24N2O4/c1-5-15-6-9-17(10-7-15)26-14(2)20(23)22-21-13-16-8-11-18(24-3)19(12-16)25-4/h6-14H,5H2,1-4H3,(H,22,23). The minimum Gasteiger partial charge on any atom is -0.493 e. The molecule has 0 bridgehead atoms. The first-order valence-corrected chi connectivity index (χ1v) is 8.38. The van der Waals surface area contributed by atoms with Crippen LogP contribution in [0.1, 0.15) is 25.0 Å². The molecule has 0 saturated carbocycles. The number of rotatable bonds is 8. The highest BCUT2D eigenvalue weighted by atomic mass is 16.5. The Morgan fingerprint density at radius 3 is 2.42 bits per heavy atom. The van der Waals surface area contributed by atoms with Crippen LogP contribution in [0.2, 0.25) is 0 Å². The SMILES string of the molecule is CCc1ccc(OC(C)C(=O)NN=Cc2ccc(OC)c(OC)c2)cc1. The third kappa shape index (κ3) is 5.24. The van der Waals surface area contributed by atoms with Crippen molar-refractivity contribution < 1.29 is 19.0 Å². The molecule has 6 nitrogen and oxygen atoms in total. The second kappa shape index (κ2) is 9.46. The molecule has 0 aliphatic rings. The van der Waals surface area contributed by atoms with Gasteiger partial charge < -0.3 is 14.2 Å². The van der Waals surface area contributed by atoms with Gasteiger partial charge in [-0.3, -0.25) is 4.79 Å². The lowest BCUT2D eigenvalue weighted by molar-refractivity contribution is -0.127. The lowest BCUT2D eigenvalue weighted by Gasteiger charge is -2.13. The lowest BCUT2D eigenvalue weighted by Crippen LogP contribution is -2.33. The summed E-state index contributed by atoms with van der Waals surface area (Å²) in [7, 11) is 3.13. The Morgan fingerprint density at radius 2 is 1.81 bits per heavy atom. The molecule has 1 amide bonds. The Labute approximate surface area is 153 Å². The first-order valence-electron chi connectivity index (χ1n) is 8.38. The molecule has 0 heterocycles. The summed E-state index contributed by atoms with van der Waals surface area (Å²) in [6, 6.07) is 13.0. The maximum Gasteiger partial charge on any atom is 0.280 e. The number of hydrogen-bond acceptors (Lipinski definition) is 5. The molecule has 0 fully saturated rings. The number of amides is 1. The van der Waals surface area contributed by atoms with Crippen molar-refractivity contribution in [1.82, 2.24) is 5.43 Å². The number of hydrazone groups is 1. The van der Waals surface area contributed by atoms with Gasteiger partial charge in [-0.2, -0.15) is 5.10 Å². The van der Waals surface area contributed by atoms with Crippen molar-refractivity contribution in [2.75, 3.05) is 14.2 Å². The third-order valence-electron chi connectivity index (χ3n) is 3.81. The van der Waals surface area contributed by atoms with Crippen LogP contribution < -0.4 is 19.6 Å². The molecule has 2 aromatic rings. The fourth-order valence-electron chi connectivity index (χ4n) is 2.26. The summed E-state index contributed by atoms with van der Waals surface area (Å²) in [5.74, 6) is 1.54. The molecule has 0 radical (unpaired) electrons. The Morgan fingerprint density at radius 1 is 1.12 bits per heavy atom. The molecule has 0 aliphatic carbocycles. The van der Waals surface area contributed by atoms with Crippen LogP contribution in [0.5, 0.6) is 17.2 Å². The molecular weight excluding hydrogens is 332 g/mol. The van der Waals surface area contributed by atoms with E-state index in [1.807, 2.05) is 30.3 Å². The second-order valence-electron chi connectivity index (χ2n) is 5.61. The van der Waals surface area contributed by atoms with E-state index in [9.17, 15) is 4.79 Å². The number of nitrogens with one attached hydrogen (secondary N) is 1. The van der Waals surface area contributed by atoms with Gasteiger partial charge in [0.05, 0.1) is 20.4 Å². The van der Waals surface area contributed by atoms with Gasteiger partial charge in [0.2, 0.25) is 0 Å². The maximum atomic E-state index is 12.1. The summed E-state index contributed by atoms with van der Waals surface area (Å²) in [5, 5.41) is 3.96. The van der Waals surface area contributed by atoms with E-state index in [4.69, 9.17) is 14.2 Å². The first kappa shape index (κ1) is 19.3. The summed E-state index contributed by atoms with van der Waals surface area (Å²) in [6.07, 6.45) is 1.83. The molecule has 0 aromatic heterocycles. The second-order valence-corrected chi connectivity index (χ2v) is 5.61. The maximum absolute atomic E-state index is 12.1. The molecule has 1 N–H and O–H groups in total. The van der Waals surface area contributed by atoms with E-state index in [1.54, 1.807) is 33.3 Å². The Balaban J connectivity index is 1.91. The van der Waals surface area contributed by atoms with Gasteiger partial charge in [0, 0.05) is 0 Å². The van der Waals surface area contributed by atoms with Gasteiger partial charge in [0.1, 0.15) is 5.75 Å². The van der Waals surface area contributed by atoms with Gasteiger partial charge in [0.15, 0.2) is 17.6 Å². The van der Waals surface area contributed by atoms with Crippen LogP contribution >= 0.6 is 0 Å². The number of carbonyl (C=O) groups excluding carboxylic acids is 1. The van der Waals surface area contributed by atoms with Crippen LogP contribution in [0, 0.1) is 0 Å². The number of aryl methyl sites for hydroxylation is 1. The van der Waals surface area contributed by atoms with Gasteiger partial charge in [-0.05, 0) is 54.8 Å². The molecule has 138 valence electrons. The minimum absolute atomic E-state index is 0.332. The molecule has 6 heteroatoms. The number of methoxy groups -OCH3 is 2. The zero-order chi connectivity index (χ0) is 18.9. The van der Waals surface area contributed by atoms with Crippen LogP contribution in [-0.4, -0.2) is 32.4 Å². The Bertz CT molecular complexity index is 757. The Hall–Kier alpha value is -3.02. The van der Waals surface area contributed by atoms with Crippen LogP contribution in [0.15, 0.2) is 47.6 Å². The average Bonchev–Trinajstić information content (AvgIpc) is 2.68. The molecule has 0 saturated heterocycles. The van der Waals surface area contributed by atoms with E-state index in [0.29, 0.717) is 17.2 Å². The van der Waals surface area contributed by atoms with E-state index in [2.05, 4.69) is 17.5 Å². The average molecular weight is 356 g/mol. The van der Waals surface area contributed by atoms with E-state index in [0.717, 1.165) is 12.0 Å². The summed E-state index contributed by atoms with van der Waals surface area (Å²) in [6.45, 7) is 3.76. The van der Waals surface area contributed by atoms with Crippen molar-refractivity contribution in [2.45, 2.75) is 26.4 Å². The lowest BCUT2D eigenvalue weighted by atomic mass is 10.2. The predicted octanol–water partition coefficient (Wildman–Crippen LogP) is 3.18. The number of benzene rings is 2. The predicted molar refractivity (Wildman–Crippen MR) is 101 cm³/mol. The van der Waals surface area contributed by atoms with Gasteiger partial charge in [-0.15, -0.1) is 0 Å². The Kier molecular flexibility index (Phi) is 7.02. The van der Waals surface area contributed by atoms with Crippen LogP contribution in [-0.2, 0) is 11.2 Å². The highest BCUT2D eigenvalue weighted by molar-refractivity contribution is 5.84. The highest BCUT2D eigenvalue weighted by Crippen LogP contribution is 2.26. The van der Waals surface area contributed by atoms with Crippen LogP contribution in [0.25, 0.3) is 0 Å². The molecular formula is C20H24N2O4. The van der Waals surface area contributed by atoms with Crippen molar-refractivity contribution in [2.24, 2.45) is 5.10 Å². The van der Waals surface area contributed by atoms with E-state index in [1.165, 1.54) is 11.8 Å². The molecule has 0 spiro atoms. The van der Waals surface area contributed by atoms with Crippen molar-refractivity contribution in [3.8, 4) is 17.2 Å². The van der Waals surface area contributed by atoms with E-state index >= 15 is 0 Å². The van der Waals surface area contributed by atoms with Gasteiger partial charge in [0.25, 0.3) is 5.91 Å². The van der Waals surface area contributed by atoms with Crippen molar-refractivity contribution in [3.05, 3.63) is 53.6 Å². The van der Waals surface area contributed by atoms with Crippen molar-refractivity contribution >= 4 is 12.1 Å². The molecule has 2 rings (SSSR count). The molecule has 1 unspecified atom stereocenters. The van der Waals surface area contributed by atoms with Crippen LogP contribution in [0.3, 0.4) is 0 Å². The third-order valence-corrected chi connectivity index (χ3v) is 3.81. The normalized spacial score (nSPS) is 11.8. The summed E-state index contributed by atoms with van der Waals surface area (Å²) in [5.41, 5.74) is 4.46. The fraction of sp³-hybridized carbons (Fsp3) is 0.300. The monoisotopic (exact) mass is 356 g/mol. The molecule has 1 atom stereocenters. The largest absolute Gasteiger partial charge is 0.493 e. The van der Waals surface area contributed by atoms with E-state index < -0.39 is 6.10 Å². The van der Waals surface area contributed by atoms with Crippen molar-refractivity contribution in [1.29, 1.82) is 0 Å². The highest BCUT2D eigenvalue weighted by Gasteiger charge is 2.13. The molecule has 0 aliphatic heterocycles. The zero-order valence-corrected chi connectivity index (χ0v) is 15.5. The smallest absolute Gasteiger partial charge is 0.280 e. The van der Waals surface area contributed by atoms with Gasteiger partial charge >= 0.3 is 0 Å². The zero-order valence-electron chi connectivity index (χ0n) is 15.5. The van der Waals surface area contributed by atoms with E-state index in [-0.39, 0.29) is 5.91 Å². The molecule has 26 heavy (non-hydrogen) atoms. The first-order chi connectivity index (χ1) is 12.6. The van der Waals surface area contributed by atoms with Crippen LogP contribution in [0.4, 0.5) is 0 Å². The summed E-state index contributed by atoms with van der Waals surface area (Å²) < 4.78 is 16.0. The number of ether oxygens (including phenoxy) is 3.